The largest absolute Gasteiger partial charge is 0.486 e. The van der Waals surface area contributed by atoms with Crippen LogP contribution in [0.4, 0.5) is 5.69 Å². The number of fused-ring (bicyclic) bond motifs is 1. The van der Waals surface area contributed by atoms with Crippen molar-refractivity contribution in [3.05, 3.63) is 48.0 Å². The first-order chi connectivity index (χ1) is 14.8. The summed E-state index contributed by atoms with van der Waals surface area (Å²) in [5, 5.41) is 2.93. The fourth-order valence-corrected chi connectivity index (χ4v) is 4.52. The molecular weight excluding hydrogens is 418 g/mol. The summed E-state index contributed by atoms with van der Waals surface area (Å²) in [7, 11) is -1.78. The number of likely N-dealkylation sites (N-methyl/N-ethyl adjacent to an activating group) is 1. The Hall–Kier alpha value is -2.78. The number of ether oxygens (including phenoxy) is 2. The van der Waals surface area contributed by atoms with Gasteiger partial charge in [0.2, 0.25) is 0 Å². The van der Waals surface area contributed by atoms with Crippen molar-refractivity contribution in [2.75, 3.05) is 31.5 Å². The maximum absolute atomic E-state index is 12.8. The smallest absolute Gasteiger partial charge is 0.262 e. The minimum Gasteiger partial charge on any atom is -0.486 e. The normalized spacial score (nSPS) is 16.6. The summed E-state index contributed by atoms with van der Waals surface area (Å²) in [5.74, 6) is 0.675. The van der Waals surface area contributed by atoms with E-state index in [1.165, 1.54) is 31.0 Å². The van der Waals surface area contributed by atoms with Crippen LogP contribution in [-0.4, -0.2) is 58.1 Å². The number of nitrogens with one attached hydrogen (secondary N) is 2. The number of nitrogens with zero attached hydrogens (tertiary/aromatic N) is 1. The molecule has 1 saturated carbocycles. The predicted molar refractivity (Wildman–Crippen MR) is 117 cm³/mol. The molecule has 1 amide bonds. The van der Waals surface area contributed by atoms with Crippen LogP contribution in [-0.2, 0) is 10.0 Å². The van der Waals surface area contributed by atoms with Crippen molar-refractivity contribution < 1.29 is 22.7 Å². The van der Waals surface area contributed by atoms with E-state index < -0.39 is 10.0 Å². The van der Waals surface area contributed by atoms with Crippen LogP contribution in [0, 0.1) is 0 Å². The highest BCUT2D eigenvalue weighted by molar-refractivity contribution is 7.92. The Morgan fingerprint density at radius 3 is 2.61 bits per heavy atom. The number of sulfonamides is 1. The first kappa shape index (κ1) is 21.5. The van der Waals surface area contributed by atoms with Gasteiger partial charge >= 0.3 is 0 Å². The fraction of sp³-hybridized carbons (Fsp3) is 0.409. The second-order valence-electron chi connectivity index (χ2n) is 7.95. The number of hydrogen-bond acceptors (Lipinski definition) is 6. The zero-order valence-electron chi connectivity index (χ0n) is 17.6. The van der Waals surface area contributed by atoms with E-state index in [-0.39, 0.29) is 16.8 Å². The van der Waals surface area contributed by atoms with Crippen LogP contribution in [0.2, 0.25) is 0 Å². The SMILES string of the molecule is CC(CNC(=O)c1cccc(NS(=O)(=O)c2ccc3c(c2)OCCO3)c1)N(C)C1CC1. The maximum atomic E-state index is 12.8. The summed E-state index contributed by atoms with van der Waals surface area (Å²) in [6, 6.07) is 11.8. The second kappa shape index (κ2) is 8.76. The molecule has 0 spiro atoms. The molecule has 0 radical (unpaired) electrons. The van der Waals surface area contributed by atoms with Crippen molar-refractivity contribution in [3.63, 3.8) is 0 Å². The molecule has 31 heavy (non-hydrogen) atoms. The molecule has 0 saturated heterocycles. The molecule has 2 N–H and O–H groups in total. The standard InChI is InChI=1S/C22H27N3O5S/c1-15(25(2)18-6-7-18)14-23-22(26)16-4-3-5-17(12-16)24-31(27,28)19-8-9-20-21(13-19)30-11-10-29-20/h3-5,8-9,12-13,15,18,24H,6-7,10-11,14H2,1-2H3,(H,23,26). The molecule has 1 aliphatic carbocycles. The molecule has 9 heteroatoms. The Morgan fingerprint density at radius 2 is 1.87 bits per heavy atom. The Labute approximate surface area is 182 Å². The maximum Gasteiger partial charge on any atom is 0.262 e. The number of anilines is 1. The van der Waals surface area contributed by atoms with Crippen molar-refractivity contribution in [1.82, 2.24) is 10.2 Å². The Balaban J connectivity index is 1.42. The van der Waals surface area contributed by atoms with E-state index in [1.807, 2.05) is 0 Å². The van der Waals surface area contributed by atoms with Crippen LogP contribution in [0.15, 0.2) is 47.4 Å². The molecule has 8 nitrogen and oxygen atoms in total. The van der Waals surface area contributed by atoms with Gasteiger partial charge in [-0.1, -0.05) is 6.07 Å². The molecule has 1 heterocycles. The average molecular weight is 446 g/mol. The molecule has 2 aliphatic rings. The lowest BCUT2D eigenvalue weighted by Crippen LogP contribution is -2.41. The van der Waals surface area contributed by atoms with Gasteiger partial charge in [0.05, 0.1) is 4.90 Å². The van der Waals surface area contributed by atoms with E-state index >= 15 is 0 Å². The van der Waals surface area contributed by atoms with Crippen molar-refractivity contribution in [2.45, 2.75) is 36.7 Å². The molecule has 166 valence electrons. The second-order valence-corrected chi connectivity index (χ2v) is 9.63. The Morgan fingerprint density at radius 1 is 1.13 bits per heavy atom. The van der Waals surface area contributed by atoms with Crippen molar-refractivity contribution in [3.8, 4) is 11.5 Å². The van der Waals surface area contributed by atoms with Crippen LogP contribution in [0.5, 0.6) is 11.5 Å². The number of rotatable bonds is 8. The van der Waals surface area contributed by atoms with Gasteiger partial charge in [-0.2, -0.15) is 0 Å². The lowest BCUT2D eigenvalue weighted by atomic mass is 10.2. The van der Waals surface area contributed by atoms with Crippen LogP contribution >= 0.6 is 0 Å². The van der Waals surface area contributed by atoms with Crippen molar-refractivity contribution in [2.24, 2.45) is 0 Å². The van der Waals surface area contributed by atoms with Gasteiger partial charge in [-0.15, -0.1) is 0 Å². The molecule has 1 aliphatic heterocycles. The first-order valence-corrected chi connectivity index (χ1v) is 11.8. The predicted octanol–water partition coefficient (Wildman–Crippen LogP) is 2.47. The van der Waals surface area contributed by atoms with Gasteiger partial charge in [-0.3, -0.25) is 14.4 Å². The average Bonchev–Trinajstić information content (AvgIpc) is 3.61. The zero-order chi connectivity index (χ0) is 22.0. The fourth-order valence-electron chi connectivity index (χ4n) is 3.46. The number of amides is 1. The van der Waals surface area contributed by atoms with E-state index in [9.17, 15) is 13.2 Å². The molecule has 1 unspecified atom stereocenters. The highest BCUT2D eigenvalue weighted by Gasteiger charge is 2.29. The first-order valence-electron chi connectivity index (χ1n) is 10.4. The third kappa shape index (κ3) is 5.11. The summed E-state index contributed by atoms with van der Waals surface area (Å²) in [6.45, 7) is 3.41. The van der Waals surface area contributed by atoms with E-state index in [0.717, 1.165) is 0 Å². The topological polar surface area (TPSA) is 97.0 Å². The number of hydrogen-bond donors (Lipinski definition) is 2. The van der Waals surface area contributed by atoms with Crippen molar-refractivity contribution in [1.29, 1.82) is 0 Å². The van der Waals surface area contributed by atoms with Gasteiger partial charge in [0, 0.05) is 35.9 Å². The third-order valence-corrected chi connectivity index (χ3v) is 6.96. The van der Waals surface area contributed by atoms with Gasteiger partial charge < -0.3 is 14.8 Å². The summed E-state index contributed by atoms with van der Waals surface area (Å²) in [5.41, 5.74) is 0.703. The van der Waals surface area contributed by atoms with Crippen LogP contribution in [0.25, 0.3) is 0 Å². The van der Waals surface area contributed by atoms with Gasteiger partial charge in [0.25, 0.3) is 15.9 Å². The Bertz CT molecular complexity index is 1070. The minimum atomic E-state index is -3.85. The molecule has 1 fully saturated rings. The zero-order valence-corrected chi connectivity index (χ0v) is 18.4. The number of benzene rings is 2. The molecule has 0 aromatic heterocycles. The van der Waals surface area contributed by atoms with Gasteiger partial charge in [-0.25, -0.2) is 8.42 Å². The lowest BCUT2D eigenvalue weighted by molar-refractivity contribution is 0.0939. The third-order valence-electron chi connectivity index (χ3n) is 5.58. The van der Waals surface area contributed by atoms with E-state index in [1.54, 1.807) is 24.3 Å². The van der Waals surface area contributed by atoms with Gasteiger partial charge in [-0.05, 0) is 57.1 Å². The minimum absolute atomic E-state index is 0.0588. The van der Waals surface area contributed by atoms with E-state index in [4.69, 9.17) is 9.47 Å². The van der Waals surface area contributed by atoms with Crippen LogP contribution in [0.1, 0.15) is 30.1 Å². The molecule has 0 bridgehead atoms. The highest BCUT2D eigenvalue weighted by atomic mass is 32.2. The highest BCUT2D eigenvalue weighted by Crippen LogP contribution is 2.32. The lowest BCUT2D eigenvalue weighted by Gasteiger charge is -2.24. The quantitative estimate of drug-likeness (QED) is 0.648. The molecular formula is C22H27N3O5S. The number of carbonyl (C=O) groups is 1. The monoisotopic (exact) mass is 445 g/mol. The van der Waals surface area contributed by atoms with E-state index in [0.29, 0.717) is 48.6 Å². The van der Waals surface area contributed by atoms with Gasteiger partial charge in [0.1, 0.15) is 13.2 Å². The molecule has 1 atom stereocenters. The van der Waals surface area contributed by atoms with Gasteiger partial charge in [0.15, 0.2) is 11.5 Å². The summed E-state index contributed by atoms with van der Waals surface area (Å²) < 4.78 is 39.1. The summed E-state index contributed by atoms with van der Waals surface area (Å²) >= 11 is 0. The summed E-state index contributed by atoms with van der Waals surface area (Å²) in [4.78, 5) is 14.9. The Kier molecular flexibility index (Phi) is 6.06. The number of carbonyl (C=O) groups excluding carboxylic acids is 1. The van der Waals surface area contributed by atoms with E-state index in [2.05, 4.69) is 28.9 Å². The van der Waals surface area contributed by atoms with Crippen LogP contribution < -0.4 is 19.5 Å². The molecule has 4 rings (SSSR count). The molecule has 2 aromatic carbocycles. The van der Waals surface area contributed by atoms with Crippen molar-refractivity contribution >= 4 is 21.6 Å². The summed E-state index contributed by atoms with van der Waals surface area (Å²) in [6.07, 6.45) is 2.42. The molecule has 2 aromatic rings. The van der Waals surface area contributed by atoms with Crippen LogP contribution in [0.3, 0.4) is 0 Å².